The molecule has 194 valence electrons. The maximum absolute atomic E-state index is 2.57. The van der Waals surface area contributed by atoms with Crippen LogP contribution in [-0.2, 0) is 32.1 Å². The quantitative estimate of drug-likeness (QED) is 0.291. The minimum Gasteiger partial charge on any atom is -0.269 e. The van der Waals surface area contributed by atoms with Crippen molar-refractivity contribution in [1.82, 2.24) is 0 Å². The van der Waals surface area contributed by atoms with Crippen LogP contribution < -0.4 is 0 Å². The van der Waals surface area contributed by atoms with E-state index in [9.17, 15) is 0 Å². The van der Waals surface area contributed by atoms with Crippen LogP contribution >= 0.6 is 0 Å². The first-order valence-electron chi connectivity index (χ1n) is 13.0. The molecule has 37 heavy (non-hydrogen) atoms. The molecule has 2 aliphatic carbocycles. The molecule has 0 amide bonds. The van der Waals surface area contributed by atoms with E-state index in [1.165, 1.54) is 27.8 Å². The van der Waals surface area contributed by atoms with Gasteiger partial charge in [-0.25, -0.2) is 0 Å². The zero-order valence-electron chi connectivity index (χ0n) is 23.2. The van der Waals surface area contributed by atoms with Gasteiger partial charge >= 0.3 is 221 Å². The van der Waals surface area contributed by atoms with E-state index in [2.05, 4.69) is 133 Å². The van der Waals surface area contributed by atoms with Gasteiger partial charge in [-0.05, 0) is 0 Å². The van der Waals surface area contributed by atoms with Crippen molar-refractivity contribution < 1.29 is 30.7 Å². The van der Waals surface area contributed by atoms with Crippen LogP contribution in [-0.4, -0.2) is 3.21 Å². The molecule has 0 saturated carbocycles. The Hall–Kier alpha value is -2.25. The topological polar surface area (TPSA) is 0 Å². The Balaban J connectivity index is 0.00000190. The summed E-state index contributed by atoms with van der Waals surface area (Å²) in [5.74, 6) is 0. The SMILES string of the molecule is C/[C](c1ccccc1)=[Zr](/[C]1=CC=CC1)[CH]1c2cc(C(C)(C)C)ccc2-c2ccc(C(C)(C)C)cc21.F.F. The molecule has 0 heterocycles. The standard InChI is InChI=1S/C21H25.C8H8.C5H5.2FH.Zr/c1-20(2,3)16-7-9-18-14(12-16)11-15-13-17(21(4,5)6)8-10-19(15)18;1-2-8-6-4-3-5-7-8;1-2-4-5-3-1;;;/h7-13H,1-6H3;3-7H,1H3;1-3H,4H2;2*1H;. The summed E-state index contributed by atoms with van der Waals surface area (Å²) in [6.45, 7) is 16.5. The van der Waals surface area contributed by atoms with Crippen molar-refractivity contribution in [3.63, 3.8) is 0 Å². The molecule has 0 spiro atoms. The third-order valence-electron chi connectivity index (χ3n) is 7.76. The monoisotopic (exact) mass is 576 g/mol. The second-order valence-corrected chi connectivity index (χ2v) is 19.1. The van der Waals surface area contributed by atoms with Gasteiger partial charge in [0.05, 0.1) is 0 Å². The molecule has 0 saturated heterocycles. The van der Waals surface area contributed by atoms with Crippen LogP contribution in [0.1, 0.15) is 86.3 Å². The third kappa shape index (κ3) is 5.49. The van der Waals surface area contributed by atoms with Gasteiger partial charge in [0.15, 0.2) is 0 Å². The number of rotatable bonds is 3. The van der Waals surface area contributed by atoms with Crippen molar-refractivity contribution >= 4 is 3.21 Å². The molecule has 5 rings (SSSR count). The predicted octanol–water partition coefficient (Wildman–Crippen LogP) is 9.36. The Morgan fingerprint density at radius 2 is 1.24 bits per heavy atom. The summed E-state index contributed by atoms with van der Waals surface area (Å²) in [6.07, 6.45) is 8.24. The zero-order chi connectivity index (χ0) is 25.0. The number of fused-ring (bicyclic) bond motifs is 3. The maximum Gasteiger partial charge on any atom is -0.269 e. The summed E-state index contributed by atoms with van der Waals surface area (Å²) in [5.41, 5.74) is 10.7. The first-order chi connectivity index (χ1) is 16.6. The van der Waals surface area contributed by atoms with Gasteiger partial charge in [0.1, 0.15) is 0 Å². The molecule has 0 fully saturated rings. The van der Waals surface area contributed by atoms with Crippen LogP contribution in [0.15, 0.2) is 88.2 Å². The fourth-order valence-electron chi connectivity index (χ4n) is 5.64. The fraction of sp³-hybridized carbons (Fsp3) is 0.324. The molecule has 2 aliphatic rings. The van der Waals surface area contributed by atoms with E-state index in [-0.39, 0.29) is 20.2 Å². The minimum atomic E-state index is -2.36. The molecule has 0 bridgehead atoms. The molecule has 3 heteroatoms. The zero-order valence-corrected chi connectivity index (χ0v) is 25.6. The molecule has 0 aromatic heterocycles. The molecular formula is C34H40F2Zr. The average Bonchev–Trinajstić information content (AvgIpc) is 3.45. The van der Waals surface area contributed by atoms with Crippen LogP contribution in [0.4, 0.5) is 9.41 Å². The van der Waals surface area contributed by atoms with E-state index in [4.69, 9.17) is 0 Å². The normalized spacial score (nSPS) is 15.3. The average molecular weight is 578 g/mol. The van der Waals surface area contributed by atoms with Gasteiger partial charge in [-0.2, -0.15) is 0 Å². The summed E-state index contributed by atoms with van der Waals surface area (Å²) in [6, 6.07) is 25.9. The minimum absolute atomic E-state index is 0. The molecule has 0 nitrogen and oxygen atoms in total. The van der Waals surface area contributed by atoms with E-state index in [1.54, 1.807) is 17.6 Å². The van der Waals surface area contributed by atoms with Crippen LogP contribution in [0.3, 0.4) is 0 Å². The number of hydrogen-bond donors (Lipinski definition) is 0. The van der Waals surface area contributed by atoms with Crippen LogP contribution in [0, 0.1) is 0 Å². The van der Waals surface area contributed by atoms with Gasteiger partial charge in [0.2, 0.25) is 0 Å². The number of hydrogen-bond acceptors (Lipinski definition) is 0. The van der Waals surface area contributed by atoms with E-state index in [0.29, 0.717) is 3.63 Å². The summed E-state index contributed by atoms with van der Waals surface area (Å²) in [5, 5.41) is 0. The van der Waals surface area contributed by atoms with Crippen molar-refractivity contribution in [2.45, 2.75) is 69.3 Å². The van der Waals surface area contributed by atoms with Crippen molar-refractivity contribution in [2.24, 2.45) is 0 Å². The maximum atomic E-state index is 2.57. The van der Waals surface area contributed by atoms with Crippen molar-refractivity contribution in [3.05, 3.63) is 116 Å². The van der Waals surface area contributed by atoms with Crippen molar-refractivity contribution in [1.29, 1.82) is 0 Å². The van der Waals surface area contributed by atoms with Gasteiger partial charge in [-0.1, -0.05) is 0 Å². The molecular weight excluding hydrogens is 538 g/mol. The Kier molecular flexibility index (Phi) is 8.60. The third-order valence-corrected chi connectivity index (χ3v) is 16.0. The molecule has 3 aromatic rings. The summed E-state index contributed by atoms with van der Waals surface area (Å²) in [7, 11) is 0. The van der Waals surface area contributed by atoms with Crippen molar-refractivity contribution in [3.8, 4) is 11.1 Å². The first kappa shape index (κ1) is 29.3. The molecule has 0 unspecified atom stereocenters. The smallest absolute Gasteiger partial charge is 0.269 e. The second kappa shape index (κ2) is 10.9. The van der Waals surface area contributed by atoms with Gasteiger partial charge in [-0.15, -0.1) is 0 Å². The van der Waals surface area contributed by atoms with Crippen LogP contribution in [0.25, 0.3) is 11.1 Å². The molecule has 0 radical (unpaired) electrons. The number of allylic oxidation sites excluding steroid dienone is 4. The van der Waals surface area contributed by atoms with E-state index >= 15 is 0 Å². The summed E-state index contributed by atoms with van der Waals surface area (Å²) in [4.78, 5) is 0. The fourth-order valence-corrected chi connectivity index (χ4v) is 14.2. The van der Waals surface area contributed by atoms with Gasteiger partial charge in [0.25, 0.3) is 0 Å². The largest absolute Gasteiger partial charge is 0.269 e. The second-order valence-electron chi connectivity index (χ2n) is 12.3. The van der Waals surface area contributed by atoms with Gasteiger partial charge < -0.3 is 0 Å². The molecule has 3 aromatic carbocycles. The summed E-state index contributed by atoms with van der Waals surface area (Å²) >= 11 is -2.36. The first-order valence-corrected chi connectivity index (χ1v) is 16.8. The number of halogens is 2. The number of benzene rings is 3. The van der Waals surface area contributed by atoms with Gasteiger partial charge in [-0.3, -0.25) is 9.41 Å². The molecule has 0 N–H and O–H groups in total. The van der Waals surface area contributed by atoms with Gasteiger partial charge in [0, 0.05) is 0 Å². The van der Waals surface area contributed by atoms with E-state index < -0.39 is 21.3 Å². The predicted molar refractivity (Wildman–Crippen MR) is 154 cm³/mol. The Labute approximate surface area is 229 Å². The van der Waals surface area contributed by atoms with E-state index in [0.717, 1.165) is 6.42 Å². The van der Waals surface area contributed by atoms with Crippen LogP contribution in [0.2, 0.25) is 0 Å². The van der Waals surface area contributed by atoms with E-state index in [1.807, 2.05) is 0 Å². The Morgan fingerprint density at radius 3 is 1.68 bits per heavy atom. The van der Waals surface area contributed by atoms with Crippen molar-refractivity contribution in [2.75, 3.05) is 0 Å². The summed E-state index contributed by atoms with van der Waals surface area (Å²) < 4.78 is 3.90. The Morgan fingerprint density at radius 1 is 0.730 bits per heavy atom. The molecule has 0 atom stereocenters. The Bertz CT molecular complexity index is 1320. The molecule has 0 aliphatic heterocycles. The van der Waals surface area contributed by atoms with Crippen LogP contribution in [0.5, 0.6) is 0 Å².